The van der Waals surface area contributed by atoms with Crippen LogP contribution in [0.1, 0.15) is 44.7 Å². The second kappa shape index (κ2) is 10.3. The fourth-order valence-electron chi connectivity index (χ4n) is 5.48. The van der Waals surface area contributed by atoms with Gasteiger partial charge in [-0.1, -0.05) is 6.92 Å². The van der Waals surface area contributed by atoms with Crippen molar-refractivity contribution >= 4 is 11.9 Å². The number of amides is 1. The van der Waals surface area contributed by atoms with Crippen molar-refractivity contribution in [3.8, 4) is 0 Å². The Labute approximate surface area is 198 Å². The standard InChI is InChI=1S/C23H34F3N5O3/c1-3-22(7-4-16(14-22)28-17-6-13-34-15-18(17)33-2)20(32)30-9-11-31(12-10-30)21-27-8-5-19(29-21)23(24,25)26/h5,8,16-18,28H,3-4,6-7,9-15H2,1-2H3/t16?,17-,18-,22?/m1/s1. The van der Waals surface area contributed by atoms with Crippen molar-refractivity contribution in [2.45, 2.75) is 63.4 Å². The molecule has 4 rings (SSSR count). The topological polar surface area (TPSA) is 79.8 Å². The number of carbonyl (C=O) groups is 1. The molecule has 4 atom stereocenters. The van der Waals surface area contributed by atoms with E-state index in [1.54, 1.807) is 12.0 Å². The van der Waals surface area contributed by atoms with E-state index in [9.17, 15) is 18.0 Å². The molecular formula is C23H34F3N5O3. The van der Waals surface area contributed by atoms with Crippen molar-refractivity contribution in [3.63, 3.8) is 0 Å². The summed E-state index contributed by atoms with van der Waals surface area (Å²) in [5.41, 5.74) is -1.36. The lowest BCUT2D eigenvalue weighted by atomic mass is 9.81. The summed E-state index contributed by atoms with van der Waals surface area (Å²) in [6, 6.07) is 1.35. The van der Waals surface area contributed by atoms with Crippen LogP contribution in [0, 0.1) is 5.41 Å². The fourth-order valence-corrected chi connectivity index (χ4v) is 5.48. The van der Waals surface area contributed by atoms with Crippen molar-refractivity contribution in [1.29, 1.82) is 0 Å². The van der Waals surface area contributed by atoms with Crippen LogP contribution in [0.15, 0.2) is 12.3 Å². The summed E-state index contributed by atoms with van der Waals surface area (Å²) >= 11 is 0. The molecule has 0 radical (unpaired) electrons. The lowest BCUT2D eigenvalue weighted by Gasteiger charge is -2.40. The van der Waals surface area contributed by atoms with Crippen molar-refractivity contribution in [2.24, 2.45) is 5.41 Å². The second-order valence-electron chi connectivity index (χ2n) is 9.50. The molecule has 3 aliphatic rings. The zero-order valence-corrected chi connectivity index (χ0v) is 19.8. The van der Waals surface area contributed by atoms with E-state index in [0.29, 0.717) is 39.4 Å². The van der Waals surface area contributed by atoms with Gasteiger partial charge in [0.1, 0.15) is 5.69 Å². The largest absolute Gasteiger partial charge is 0.433 e. The van der Waals surface area contributed by atoms with Crippen molar-refractivity contribution < 1.29 is 27.4 Å². The zero-order valence-electron chi connectivity index (χ0n) is 19.8. The Kier molecular flexibility index (Phi) is 7.63. The molecule has 0 spiro atoms. The van der Waals surface area contributed by atoms with Gasteiger partial charge in [-0.15, -0.1) is 0 Å². The Hall–Kier alpha value is -1.98. The lowest BCUT2D eigenvalue weighted by Crippen LogP contribution is -2.54. The summed E-state index contributed by atoms with van der Waals surface area (Å²) in [5.74, 6) is 0.209. The Morgan fingerprint density at radius 2 is 2.06 bits per heavy atom. The number of nitrogens with zero attached hydrogens (tertiary/aromatic N) is 4. The van der Waals surface area contributed by atoms with Crippen LogP contribution in [-0.4, -0.2) is 85.5 Å². The maximum absolute atomic E-state index is 13.6. The van der Waals surface area contributed by atoms with E-state index >= 15 is 0 Å². The van der Waals surface area contributed by atoms with Gasteiger partial charge in [-0.2, -0.15) is 13.2 Å². The van der Waals surface area contributed by atoms with Gasteiger partial charge < -0.3 is 24.6 Å². The Balaban J connectivity index is 1.35. The number of methoxy groups -OCH3 is 1. The summed E-state index contributed by atoms with van der Waals surface area (Å²) < 4.78 is 50.1. The highest BCUT2D eigenvalue weighted by atomic mass is 19.4. The Morgan fingerprint density at radius 3 is 2.74 bits per heavy atom. The number of anilines is 1. The number of halogens is 3. The number of hydrogen-bond donors (Lipinski definition) is 1. The first-order chi connectivity index (χ1) is 16.3. The van der Waals surface area contributed by atoms with Crippen LogP contribution in [0.3, 0.4) is 0 Å². The summed E-state index contributed by atoms with van der Waals surface area (Å²) in [7, 11) is 1.70. The number of carbonyl (C=O) groups excluding carboxylic acids is 1. The number of hydrogen-bond acceptors (Lipinski definition) is 7. The molecule has 0 bridgehead atoms. The van der Waals surface area contributed by atoms with Gasteiger partial charge in [0.25, 0.3) is 0 Å². The molecule has 1 aromatic rings. The molecule has 34 heavy (non-hydrogen) atoms. The Bertz CT molecular complexity index is 849. The molecular weight excluding hydrogens is 451 g/mol. The fraction of sp³-hybridized carbons (Fsp3) is 0.783. The molecule has 8 nitrogen and oxygen atoms in total. The van der Waals surface area contributed by atoms with Crippen LogP contribution in [-0.2, 0) is 20.4 Å². The average Bonchev–Trinajstić information content (AvgIpc) is 3.28. The molecule has 11 heteroatoms. The van der Waals surface area contributed by atoms with Crippen LogP contribution in [0.5, 0.6) is 0 Å². The highest BCUT2D eigenvalue weighted by molar-refractivity contribution is 5.83. The van der Waals surface area contributed by atoms with Gasteiger partial charge >= 0.3 is 6.18 Å². The third-order valence-electron chi connectivity index (χ3n) is 7.58. The van der Waals surface area contributed by atoms with Gasteiger partial charge in [0.15, 0.2) is 0 Å². The molecule has 3 fully saturated rings. The third kappa shape index (κ3) is 5.31. The molecule has 1 aliphatic carbocycles. The third-order valence-corrected chi connectivity index (χ3v) is 7.58. The summed E-state index contributed by atoms with van der Waals surface area (Å²) in [6.07, 6.45) is 0.851. The summed E-state index contributed by atoms with van der Waals surface area (Å²) in [5, 5.41) is 3.72. The van der Waals surface area contributed by atoms with Crippen LogP contribution in [0.2, 0.25) is 0 Å². The van der Waals surface area contributed by atoms with E-state index in [-0.39, 0.29) is 30.0 Å². The minimum absolute atomic E-state index is 0.0206. The van der Waals surface area contributed by atoms with E-state index in [2.05, 4.69) is 22.2 Å². The smallest absolute Gasteiger partial charge is 0.379 e. The average molecular weight is 486 g/mol. The van der Waals surface area contributed by atoms with Gasteiger partial charge in [0.2, 0.25) is 11.9 Å². The summed E-state index contributed by atoms with van der Waals surface area (Å²) in [6.45, 7) is 5.08. The lowest BCUT2D eigenvalue weighted by molar-refractivity contribution is -0.142. The van der Waals surface area contributed by atoms with Crippen LogP contribution in [0.25, 0.3) is 0 Å². The molecule has 2 saturated heterocycles. The first-order valence-corrected chi connectivity index (χ1v) is 12.1. The van der Waals surface area contributed by atoms with Crippen LogP contribution in [0.4, 0.5) is 19.1 Å². The molecule has 190 valence electrons. The minimum atomic E-state index is -4.51. The van der Waals surface area contributed by atoms with Gasteiger partial charge in [0.05, 0.1) is 18.1 Å². The normalized spacial score (nSPS) is 30.6. The van der Waals surface area contributed by atoms with E-state index in [1.165, 1.54) is 0 Å². The van der Waals surface area contributed by atoms with Crippen molar-refractivity contribution in [1.82, 2.24) is 20.2 Å². The molecule has 1 N–H and O–H groups in total. The predicted octanol–water partition coefficient (Wildman–Crippen LogP) is 2.49. The number of rotatable bonds is 6. The SMILES string of the molecule is CCC1(C(=O)N2CCN(c3nccc(C(F)(F)F)n3)CC2)CCC(N[C@@H]2CCOC[C@H]2OC)C1. The molecule has 0 aromatic carbocycles. The van der Waals surface area contributed by atoms with E-state index in [1.807, 2.05) is 4.90 Å². The first-order valence-electron chi connectivity index (χ1n) is 12.1. The number of alkyl halides is 3. The molecule has 2 aliphatic heterocycles. The van der Waals surface area contributed by atoms with E-state index in [4.69, 9.17) is 9.47 Å². The van der Waals surface area contributed by atoms with Gasteiger partial charge in [0, 0.05) is 58.2 Å². The van der Waals surface area contributed by atoms with Crippen molar-refractivity contribution in [3.05, 3.63) is 18.0 Å². The highest BCUT2D eigenvalue weighted by Crippen LogP contribution is 2.43. The number of nitrogens with one attached hydrogen (secondary N) is 1. The monoisotopic (exact) mass is 485 g/mol. The molecule has 1 saturated carbocycles. The maximum Gasteiger partial charge on any atom is 0.433 e. The maximum atomic E-state index is 13.6. The first kappa shape index (κ1) is 25.1. The Morgan fingerprint density at radius 1 is 1.29 bits per heavy atom. The second-order valence-corrected chi connectivity index (χ2v) is 9.50. The number of aromatic nitrogens is 2. The van der Waals surface area contributed by atoms with Gasteiger partial charge in [-0.3, -0.25) is 4.79 Å². The molecule has 1 amide bonds. The van der Waals surface area contributed by atoms with Crippen molar-refractivity contribution in [2.75, 3.05) is 51.4 Å². The molecule has 1 aromatic heterocycles. The van der Waals surface area contributed by atoms with Gasteiger partial charge in [-0.05, 0) is 38.2 Å². The highest BCUT2D eigenvalue weighted by Gasteiger charge is 2.47. The predicted molar refractivity (Wildman–Crippen MR) is 119 cm³/mol. The number of piperazine rings is 1. The molecule has 3 heterocycles. The minimum Gasteiger partial charge on any atom is -0.379 e. The summed E-state index contributed by atoms with van der Waals surface area (Å²) in [4.78, 5) is 24.9. The van der Waals surface area contributed by atoms with E-state index in [0.717, 1.165) is 44.4 Å². The van der Waals surface area contributed by atoms with E-state index < -0.39 is 17.3 Å². The zero-order chi connectivity index (χ0) is 24.3. The molecule has 2 unspecified atom stereocenters. The van der Waals surface area contributed by atoms with Gasteiger partial charge in [-0.25, -0.2) is 9.97 Å². The quantitative estimate of drug-likeness (QED) is 0.663. The van der Waals surface area contributed by atoms with Crippen LogP contribution >= 0.6 is 0 Å². The van der Waals surface area contributed by atoms with Crippen LogP contribution < -0.4 is 10.2 Å². The number of ether oxygens (including phenoxy) is 2.